The van der Waals surface area contributed by atoms with Gasteiger partial charge in [-0.1, -0.05) is 19.1 Å². The molecule has 1 aliphatic rings. The molecule has 4 nitrogen and oxygen atoms in total. The molecule has 1 N–H and O–H groups in total. The van der Waals surface area contributed by atoms with Gasteiger partial charge < -0.3 is 10.1 Å². The molecule has 4 heteroatoms. The average molecular weight is 299 g/mol. The molecule has 1 aromatic heterocycles. The molecule has 0 aliphatic heterocycles. The quantitative estimate of drug-likeness (QED) is 0.890. The number of nitrogens with one attached hydrogen (secondary N) is 1. The van der Waals surface area contributed by atoms with Gasteiger partial charge >= 0.3 is 0 Å². The molecule has 0 bridgehead atoms. The van der Waals surface area contributed by atoms with Crippen LogP contribution in [0, 0.1) is 0 Å². The highest BCUT2D eigenvalue weighted by atomic mass is 16.5. The Morgan fingerprint density at radius 3 is 2.73 bits per heavy atom. The second kappa shape index (κ2) is 6.13. The molecule has 0 amide bonds. The first-order chi connectivity index (χ1) is 10.7. The van der Waals surface area contributed by atoms with Gasteiger partial charge in [-0.15, -0.1) is 0 Å². The zero-order valence-electron chi connectivity index (χ0n) is 13.9. The second-order valence-corrected chi connectivity index (χ2v) is 5.98. The molecule has 0 saturated heterocycles. The lowest BCUT2D eigenvalue weighted by Crippen LogP contribution is -2.09. The van der Waals surface area contributed by atoms with Gasteiger partial charge in [-0.3, -0.25) is 4.68 Å². The van der Waals surface area contributed by atoms with Crippen molar-refractivity contribution in [2.24, 2.45) is 7.05 Å². The van der Waals surface area contributed by atoms with E-state index in [1.165, 1.54) is 35.2 Å². The van der Waals surface area contributed by atoms with E-state index < -0.39 is 0 Å². The van der Waals surface area contributed by atoms with Crippen LogP contribution in [-0.2, 0) is 20.0 Å². The first kappa shape index (κ1) is 15.1. The number of aromatic nitrogens is 2. The number of benzene rings is 1. The average Bonchev–Trinajstić information content (AvgIpc) is 3.32. The van der Waals surface area contributed by atoms with Crippen molar-refractivity contribution in [3.63, 3.8) is 0 Å². The zero-order valence-corrected chi connectivity index (χ0v) is 13.9. The number of methoxy groups -OCH3 is 1. The molecule has 0 unspecified atom stereocenters. The molecule has 1 heterocycles. The van der Waals surface area contributed by atoms with E-state index in [1.807, 2.05) is 24.8 Å². The van der Waals surface area contributed by atoms with Gasteiger partial charge in [-0.05, 0) is 43.9 Å². The minimum absolute atomic E-state index is 0.666. The lowest BCUT2D eigenvalue weighted by atomic mass is 9.96. The van der Waals surface area contributed by atoms with Crippen molar-refractivity contribution in [3.8, 4) is 17.0 Å². The summed E-state index contributed by atoms with van der Waals surface area (Å²) in [5.41, 5.74) is 6.23. The fourth-order valence-corrected chi connectivity index (χ4v) is 3.31. The monoisotopic (exact) mass is 299 g/mol. The number of rotatable bonds is 6. The minimum Gasteiger partial charge on any atom is -0.496 e. The summed E-state index contributed by atoms with van der Waals surface area (Å²) in [4.78, 5) is 0. The number of aryl methyl sites for hydroxylation is 1. The van der Waals surface area contributed by atoms with Crippen LogP contribution in [0.1, 0.15) is 42.5 Å². The first-order valence-electron chi connectivity index (χ1n) is 8.07. The van der Waals surface area contributed by atoms with E-state index in [-0.39, 0.29) is 0 Å². The number of hydrogen-bond acceptors (Lipinski definition) is 3. The van der Waals surface area contributed by atoms with Crippen molar-refractivity contribution in [3.05, 3.63) is 35.0 Å². The molecule has 3 rings (SSSR count). The molecule has 1 saturated carbocycles. The molecular weight excluding hydrogens is 274 g/mol. The third kappa shape index (κ3) is 2.52. The third-order valence-corrected chi connectivity index (χ3v) is 4.50. The summed E-state index contributed by atoms with van der Waals surface area (Å²) in [5, 5.41) is 8.14. The van der Waals surface area contributed by atoms with E-state index in [0.717, 1.165) is 24.4 Å². The summed E-state index contributed by atoms with van der Waals surface area (Å²) < 4.78 is 7.68. The van der Waals surface area contributed by atoms with E-state index in [0.29, 0.717) is 5.92 Å². The van der Waals surface area contributed by atoms with Crippen LogP contribution in [0.4, 0.5) is 0 Å². The van der Waals surface area contributed by atoms with Crippen molar-refractivity contribution >= 4 is 0 Å². The van der Waals surface area contributed by atoms with Crippen LogP contribution in [0.3, 0.4) is 0 Å². The van der Waals surface area contributed by atoms with Crippen molar-refractivity contribution in [1.82, 2.24) is 15.1 Å². The molecule has 0 spiro atoms. The summed E-state index contributed by atoms with van der Waals surface area (Å²) in [6.07, 6.45) is 3.53. The first-order valence-corrected chi connectivity index (χ1v) is 8.07. The Balaban J connectivity index is 2.22. The summed E-state index contributed by atoms with van der Waals surface area (Å²) in [6.45, 7) is 3.01. The smallest absolute Gasteiger partial charge is 0.128 e. The molecule has 0 atom stereocenters. The highest BCUT2D eigenvalue weighted by molar-refractivity contribution is 5.75. The topological polar surface area (TPSA) is 39.1 Å². The number of hydrogen-bond donors (Lipinski definition) is 1. The normalized spacial score (nSPS) is 14.4. The molecule has 22 heavy (non-hydrogen) atoms. The van der Waals surface area contributed by atoms with Crippen molar-refractivity contribution in [2.45, 2.75) is 38.6 Å². The van der Waals surface area contributed by atoms with Gasteiger partial charge in [0.15, 0.2) is 0 Å². The number of ether oxygens (including phenoxy) is 1. The summed E-state index contributed by atoms with van der Waals surface area (Å²) >= 11 is 0. The van der Waals surface area contributed by atoms with Gasteiger partial charge in [0.1, 0.15) is 11.4 Å². The molecule has 2 aromatic rings. The Morgan fingerprint density at radius 1 is 1.36 bits per heavy atom. The van der Waals surface area contributed by atoms with Crippen LogP contribution in [0.25, 0.3) is 11.3 Å². The molecule has 1 aliphatic carbocycles. The fraction of sp³-hybridized carbons (Fsp3) is 0.500. The van der Waals surface area contributed by atoms with Crippen molar-refractivity contribution in [2.75, 3.05) is 14.2 Å². The van der Waals surface area contributed by atoms with Crippen molar-refractivity contribution in [1.29, 1.82) is 0 Å². The second-order valence-electron chi connectivity index (χ2n) is 5.98. The third-order valence-electron chi connectivity index (χ3n) is 4.50. The van der Waals surface area contributed by atoms with Crippen LogP contribution in [0.5, 0.6) is 5.75 Å². The maximum absolute atomic E-state index is 5.66. The summed E-state index contributed by atoms with van der Waals surface area (Å²) in [5.74, 6) is 1.60. The van der Waals surface area contributed by atoms with Crippen LogP contribution >= 0.6 is 0 Å². The van der Waals surface area contributed by atoms with Crippen LogP contribution in [0.15, 0.2) is 18.2 Å². The zero-order chi connectivity index (χ0) is 15.7. The van der Waals surface area contributed by atoms with E-state index in [4.69, 9.17) is 9.84 Å². The fourth-order valence-electron chi connectivity index (χ4n) is 3.31. The van der Waals surface area contributed by atoms with Gasteiger partial charge in [0.2, 0.25) is 0 Å². The Labute approximate surface area is 132 Å². The Bertz CT molecular complexity index is 671. The molecule has 1 aromatic carbocycles. The van der Waals surface area contributed by atoms with E-state index in [9.17, 15) is 0 Å². The van der Waals surface area contributed by atoms with E-state index in [1.54, 1.807) is 7.11 Å². The highest BCUT2D eigenvalue weighted by Gasteiger charge is 2.30. The van der Waals surface area contributed by atoms with E-state index in [2.05, 4.69) is 24.4 Å². The molecular formula is C18H25N3O. The van der Waals surface area contributed by atoms with Gasteiger partial charge in [-0.25, -0.2) is 0 Å². The van der Waals surface area contributed by atoms with E-state index >= 15 is 0 Å². The maximum Gasteiger partial charge on any atom is 0.128 e. The minimum atomic E-state index is 0.666. The predicted octanol–water partition coefficient (Wildman–Crippen LogP) is 3.25. The summed E-state index contributed by atoms with van der Waals surface area (Å²) in [7, 11) is 5.77. The predicted molar refractivity (Wildman–Crippen MR) is 89.3 cm³/mol. The molecule has 1 fully saturated rings. The Kier molecular flexibility index (Phi) is 4.21. The maximum atomic E-state index is 5.66. The van der Waals surface area contributed by atoms with Gasteiger partial charge in [0.05, 0.1) is 7.11 Å². The summed E-state index contributed by atoms with van der Waals surface area (Å²) in [6, 6.07) is 6.38. The molecule has 0 radical (unpaired) electrons. The Hall–Kier alpha value is -1.81. The van der Waals surface area contributed by atoms with Gasteiger partial charge in [0.25, 0.3) is 0 Å². The SMILES string of the molecule is CCc1c(CNC)c(-c2c(OC)cccc2C2CC2)nn1C. The van der Waals surface area contributed by atoms with Gasteiger partial charge in [-0.2, -0.15) is 5.10 Å². The Morgan fingerprint density at radius 2 is 2.14 bits per heavy atom. The lowest BCUT2D eigenvalue weighted by Gasteiger charge is -2.13. The van der Waals surface area contributed by atoms with Crippen LogP contribution in [-0.4, -0.2) is 23.9 Å². The number of nitrogens with zero attached hydrogens (tertiary/aromatic N) is 2. The van der Waals surface area contributed by atoms with Gasteiger partial charge in [0, 0.05) is 30.4 Å². The van der Waals surface area contributed by atoms with Crippen LogP contribution < -0.4 is 10.1 Å². The highest BCUT2D eigenvalue weighted by Crippen LogP contribution is 2.47. The molecule has 118 valence electrons. The largest absolute Gasteiger partial charge is 0.496 e. The van der Waals surface area contributed by atoms with Crippen molar-refractivity contribution < 1.29 is 4.74 Å². The standard InChI is InChI=1S/C18H25N3O/c1-5-15-14(11-19-2)18(20-21(15)3)17-13(12-9-10-12)7-6-8-16(17)22-4/h6-8,12,19H,5,9-11H2,1-4H3. The lowest BCUT2D eigenvalue weighted by molar-refractivity contribution is 0.415. The van der Waals surface area contributed by atoms with Crippen LogP contribution in [0.2, 0.25) is 0 Å².